The van der Waals surface area contributed by atoms with Crippen LogP contribution in [0.3, 0.4) is 0 Å². The molecule has 1 atom stereocenters. The highest BCUT2D eigenvalue weighted by atomic mass is 16.5. The topological polar surface area (TPSA) is 24.5 Å². The molecule has 0 bridgehead atoms. The van der Waals surface area contributed by atoms with E-state index in [0.29, 0.717) is 6.04 Å². The van der Waals surface area contributed by atoms with Crippen LogP contribution in [0.25, 0.3) is 0 Å². The highest BCUT2D eigenvalue weighted by molar-refractivity contribution is 5.25. The van der Waals surface area contributed by atoms with E-state index in [1.807, 2.05) is 6.92 Å². The van der Waals surface area contributed by atoms with Gasteiger partial charge in [-0.3, -0.25) is 0 Å². The molecule has 0 saturated carbocycles. The van der Waals surface area contributed by atoms with Crippen molar-refractivity contribution in [3.63, 3.8) is 0 Å². The van der Waals surface area contributed by atoms with Crippen LogP contribution in [0.2, 0.25) is 0 Å². The minimum Gasteiger partial charge on any atom is -0.380 e. The standard InChI is InChI=1S/C17H30N2O/c1-5-10-18-17(14-19(4)11-12-20-6-2)16-9-7-8-15(3)13-16/h7-9,13,17-18H,5-6,10-12,14H2,1-4H3. The molecular weight excluding hydrogens is 248 g/mol. The first-order valence-corrected chi connectivity index (χ1v) is 7.73. The molecule has 0 aliphatic heterocycles. The summed E-state index contributed by atoms with van der Waals surface area (Å²) in [6.45, 7) is 11.0. The van der Waals surface area contributed by atoms with Gasteiger partial charge in [-0.1, -0.05) is 36.8 Å². The van der Waals surface area contributed by atoms with Crippen LogP contribution in [0.4, 0.5) is 0 Å². The summed E-state index contributed by atoms with van der Waals surface area (Å²) < 4.78 is 5.43. The lowest BCUT2D eigenvalue weighted by Gasteiger charge is -2.25. The van der Waals surface area contributed by atoms with Gasteiger partial charge < -0.3 is 15.0 Å². The molecule has 1 unspecified atom stereocenters. The van der Waals surface area contributed by atoms with E-state index in [-0.39, 0.29) is 0 Å². The van der Waals surface area contributed by atoms with E-state index in [2.05, 4.69) is 55.4 Å². The number of hydrogen-bond acceptors (Lipinski definition) is 3. The third-order valence-electron chi connectivity index (χ3n) is 3.40. The van der Waals surface area contributed by atoms with E-state index in [0.717, 1.165) is 39.3 Å². The van der Waals surface area contributed by atoms with Crippen molar-refractivity contribution in [1.82, 2.24) is 10.2 Å². The van der Waals surface area contributed by atoms with Crippen LogP contribution in [-0.4, -0.2) is 44.8 Å². The summed E-state index contributed by atoms with van der Waals surface area (Å²) in [7, 11) is 2.16. The Bertz CT molecular complexity index is 368. The summed E-state index contributed by atoms with van der Waals surface area (Å²) in [6.07, 6.45) is 1.16. The van der Waals surface area contributed by atoms with Crippen LogP contribution in [-0.2, 0) is 4.74 Å². The van der Waals surface area contributed by atoms with Gasteiger partial charge in [0, 0.05) is 25.7 Å². The van der Waals surface area contributed by atoms with Crippen LogP contribution in [0, 0.1) is 6.92 Å². The number of ether oxygens (including phenoxy) is 1. The van der Waals surface area contributed by atoms with Gasteiger partial charge in [-0.25, -0.2) is 0 Å². The van der Waals surface area contributed by atoms with Gasteiger partial charge >= 0.3 is 0 Å². The number of aryl methyl sites for hydroxylation is 1. The molecule has 0 aromatic heterocycles. The van der Waals surface area contributed by atoms with E-state index in [4.69, 9.17) is 4.74 Å². The molecule has 3 heteroatoms. The Morgan fingerprint density at radius 3 is 2.75 bits per heavy atom. The molecule has 20 heavy (non-hydrogen) atoms. The molecule has 0 spiro atoms. The van der Waals surface area contributed by atoms with Crippen molar-refractivity contribution in [2.24, 2.45) is 0 Å². The van der Waals surface area contributed by atoms with Crippen LogP contribution < -0.4 is 5.32 Å². The van der Waals surface area contributed by atoms with Crippen molar-refractivity contribution < 1.29 is 4.74 Å². The fourth-order valence-electron chi connectivity index (χ4n) is 2.26. The zero-order valence-corrected chi connectivity index (χ0v) is 13.5. The van der Waals surface area contributed by atoms with Crippen LogP contribution >= 0.6 is 0 Å². The Morgan fingerprint density at radius 2 is 2.10 bits per heavy atom. The van der Waals surface area contributed by atoms with Gasteiger partial charge in [-0.05, 0) is 39.4 Å². The molecule has 0 aliphatic carbocycles. The van der Waals surface area contributed by atoms with E-state index in [1.165, 1.54) is 11.1 Å². The van der Waals surface area contributed by atoms with Crippen LogP contribution in [0.1, 0.15) is 37.4 Å². The zero-order valence-electron chi connectivity index (χ0n) is 13.5. The van der Waals surface area contributed by atoms with Gasteiger partial charge in [0.2, 0.25) is 0 Å². The van der Waals surface area contributed by atoms with E-state index >= 15 is 0 Å². The zero-order chi connectivity index (χ0) is 14.8. The summed E-state index contributed by atoms with van der Waals surface area (Å²) in [5, 5.41) is 3.65. The maximum absolute atomic E-state index is 5.43. The molecule has 0 saturated heterocycles. The molecule has 0 aliphatic rings. The fourth-order valence-corrected chi connectivity index (χ4v) is 2.26. The summed E-state index contributed by atoms with van der Waals surface area (Å²) >= 11 is 0. The fraction of sp³-hybridized carbons (Fsp3) is 0.647. The van der Waals surface area contributed by atoms with Gasteiger partial charge in [0.1, 0.15) is 0 Å². The second-order valence-electron chi connectivity index (χ2n) is 5.38. The highest BCUT2D eigenvalue weighted by Gasteiger charge is 2.13. The minimum absolute atomic E-state index is 0.390. The maximum Gasteiger partial charge on any atom is 0.0593 e. The van der Waals surface area contributed by atoms with Gasteiger partial charge in [0.25, 0.3) is 0 Å². The molecule has 0 heterocycles. The first-order valence-electron chi connectivity index (χ1n) is 7.73. The summed E-state index contributed by atoms with van der Waals surface area (Å²) in [4.78, 5) is 2.34. The molecule has 1 N–H and O–H groups in total. The molecule has 0 radical (unpaired) electrons. The minimum atomic E-state index is 0.390. The van der Waals surface area contributed by atoms with Gasteiger partial charge in [-0.2, -0.15) is 0 Å². The predicted molar refractivity (Wildman–Crippen MR) is 86.2 cm³/mol. The molecule has 0 amide bonds. The average Bonchev–Trinajstić information content (AvgIpc) is 2.43. The second kappa shape index (κ2) is 9.92. The van der Waals surface area contributed by atoms with Gasteiger partial charge in [0.05, 0.1) is 6.61 Å². The summed E-state index contributed by atoms with van der Waals surface area (Å²) in [6, 6.07) is 9.19. The number of benzene rings is 1. The Morgan fingerprint density at radius 1 is 1.30 bits per heavy atom. The number of nitrogens with one attached hydrogen (secondary N) is 1. The number of rotatable bonds is 10. The predicted octanol–water partition coefficient (Wildman–Crippen LogP) is 3.00. The lowest BCUT2D eigenvalue weighted by molar-refractivity contribution is 0.119. The number of likely N-dealkylation sites (N-methyl/N-ethyl adjacent to an activating group) is 1. The van der Waals surface area contributed by atoms with Crippen LogP contribution in [0.5, 0.6) is 0 Å². The van der Waals surface area contributed by atoms with Gasteiger partial charge in [0.15, 0.2) is 0 Å². The number of hydrogen-bond donors (Lipinski definition) is 1. The van der Waals surface area contributed by atoms with Crippen molar-refractivity contribution in [2.45, 2.75) is 33.2 Å². The van der Waals surface area contributed by atoms with Crippen molar-refractivity contribution in [1.29, 1.82) is 0 Å². The maximum atomic E-state index is 5.43. The Balaban J connectivity index is 2.59. The molecule has 1 aromatic carbocycles. The Hall–Kier alpha value is -0.900. The molecule has 1 rings (SSSR count). The lowest BCUT2D eigenvalue weighted by Crippen LogP contribution is -2.35. The van der Waals surface area contributed by atoms with Gasteiger partial charge in [-0.15, -0.1) is 0 Å². The van der Waals surface area contributed by atoms with E-state index in [9.17, 15) is 0 Å². The SMILES string of the molecule is CCCNC(CN(C)CCOCC)c1cccc(C)c1. The van der Waals surface area contributed by atoms with E-state index < -0.39 is 0 Å². The monoisotopic (exact) mass is 278 g/mol. The Labute approximate surface area is 124 Å². The first-order chi connectivity index (χ1) is 9.67. The van der Waals surface area contributed by atoms with Crippen molar-refractivity contribution in [3.8, 4) is 0 Å². The van der Waals surface area contributed by atoms with Crippen LogP contribution in [0.15, 0.2) is 24.3 Å². The molecule has 1 aromatic rings. The highest BCUT2D eigenvalue weighted by Crippen LogP contribution is 2.15. The number of nitrogens with zero attached hydrogens (tertiary/aromatic N) is 1. The summed E-state index contributed by atoms with van der Waals surface area (Å²) in [5.74, 6) is 0. The lowest BCUT2D eigenvalue weighted by atomic mass is 10.0. The molecule has 0 fully saturated rings. The Kier molecular flexibility index (Phi) is 8.51. The smallest absolute Gasteiger partial charge is 0.0593 e. The third kappa shape index (κ3) is 6.51. The largest absolute Gasteiger partial charge is 0.380 e. The average molecular weight is 278 g/mol. The molecular formula is C17H30N2O. The summed E-state index contributed by atoms with van der Waals surface area (Å²) in [5.41, 5.74) is 2.70. The van der Waals surface area contributed by atoms with Crippen molar-refractivity contribution in [2.75, 3.05) is 39.9 Å². The van der Waals surface area contributed by atoms with Crippen molar-refractivity contribution >= 4 is 0 Å². The normalized spacial score (nSPS) is 12.8. The molecule has 3 nitrogen and oxygen atoms in total. The second-order valence-corrected chi connectivity index (χ2v) is 5.38. The third-order valence-corrected chi connectivity index (χ3v) is 3.40. The quantitative estimate of drug-likeness (QED) is 0.666. The van der Waals surface area contributed by atoms with E-state index in [1.54, 1.807) is 0 Å². The van der Waals surface area contributed by atoms with Crippen molar-refractivity contribution in [3.05, 3.63) is 35.4 Å². The molecule has 114 valence electrons. The first kappa shape index (κ1) is 17.2.